The molecule has 0 amide bonds. The van der Waals surface area contributed by atoms with Crippen LogP contribution in [-0.4, -0.2) is 15.2 Å². The first kappa shape index (κ1) is 18.0. The number of fused-ring (bicyclic) bond motifs is 1. The van der Waals surface area contributed by atoms with Crippen molar-refractivity contribution in [2.24, 2.45) is 0 Å². The monoisotopic (exact) mass is 374 g/mol. The van der Waals surface area contributed by atoms with Crippen molar-refractivity contribution in [3.8, 4) is 11.3 Å². The molecular formula is C20H20Cl2N2O. The number of rotatable bonds is 7. The number of hydrogen-bond donors (Lipinski definition) is 1. The van der Waals surface area contributed by atoms with Crippen LogP contribution in [0.4, 0.5) is 0 Å². The number of carbonyl (C=O) groups excluding carboxylic acids is 1. The van der Waals surface area contributed by atoms with E-state index < -0.39 is 0 Å². The van der Waals surface area contributed by atoms with E-state index in [1.165, 1.54) is 16.5 Å². The fourth-order valence-electron chi connectivity index (χ4n) is 3.29. The Morgan fingerprint density at radius 2 is 2.04 bits per heavy atom. The van der Waals surface area contributed by atoms with Crippen molar-refractivity contribution in [1.29, 1.82) is 0 Å². The largest absolute Gasteiger partial charge is 0.354 e. The Hall–Kier alpha value is -1.84. The molecule has 1 N–H and O–H groups in total. The third-order valence-corrected chi connectivity index (χ3v) is 5.06. The minimum atomic E-state index is -0.261. The van der Waals surface area contributed by atoms with Crippen LogP contribution in [0.2, 0.25) is 5.02 Å². The molecule has 0 saturated carbocycles. The Bertz CT molecular complexity index is 888. The van der Waals surface area contributed by atoms with E-state index in [1.807, 2.05) is 24.4 Å². The summed E-state index contributed by atoms with van der Waals surface area (Å²) in [5.41, 5.74) is 5.60. The third kappa shape index (κ3) is 4.05. The van der Waals surface area contributed by atoms with Gasteiger partial charge in [0, 0.05) is 40.3 Å². The standard InChI is InChI=1S/C20H20Cl2N2O/c1-13-19-15(7-3-2-4-8-18(22)25)16(21)9-10-17(19)24-20(13)14-6-5-11-23-12-14/h5-6,9-12,24H,2-4,7-8H2,1H3. The number of hydrogen-bond acceptors (Lipinski definition) is 2. The van der Waals surface area contributed by atoms with Crippen LogP contribution in [0.1, 0.15) is 36.8 Å². The Morgan fingerprint density at radius 1 is 1.20 bits per heavy atom. The summed E-state index contributed by atoms with van der Waals surface area (Å²) in [6.45, 7) is 2.12. The van der Waals surface area contributed by atoms with Gasteiger partial charge >= 0.3 is 0 Å². The van der Waals surface area contributed by atoms with Crippen molar-refractivity contribution in [3.05, 3.63) is 52.8 Å². The van der Waals surface area contributed by atoms with Gasteiger partial charge in [-0.05, 0) is 73.2 Å². The number of aromatic amines is 1. The van der Waals surface area contributed by atoms with Gasteiger partial charge in [-0.25, -0.2) is 0 Å². The molecule has 2 aromatic heterocycles. The third-order valence-electron chi connectivity index (χ3n) is 4.52. The predicted octanol–water partition coefficient (Wildman–Crippen LogP) is 6.06. The van der Waals surface area contributed by atoms with Crippen LogP contribution >= 0.6 is 23.2 Å². The number of nitrogens with one attached hydrogen (secondary N) is 1. The maximum atomic E-state index is 10.8. The zero-order valence-electron chi connectivity index (χ0n) is 14.1. The molecule has 5 heteroatoms. The fourth-order valence-corrected chi connectivity index (χ4v) is 3.68. The van der Waals surface area contributed by atoms with E-state index in [0.717, 1.165) is 47.5 Å². The molecule has 1 aromatic carbocycles. The molecule has 3 nitrogen and oxygen atoms in total. The Morgan fingerprint density at radius 3 is 2.76 bits per heavy atom. The number of unbranched alkanes of at least 4 members (excludes halogenated alkanes) is 2. The molecule has 0 fully saturated rings. The average molecular weight is 375 g/mol. The molecule has 130 valence electrons. The number of benzene rings is 1. The Kier molecular flexibility index (Phi) is 5.77. The molecule has 0 spiro atoms. The summed E-state index contributed by atoms with van der Waals surface area (Å²) in [5, 5.41) is 1.73. The van der Waals surface area contributed by atoms with Crippen LogP contribution in [0.25, 0.3) is 22.2 Å². The van der Waals surface area contributed by atoms with E-state index in [0.29, 0.717) is 6.42 Å². The quantitative estimate of drug-likeness (QED) is 0.403. The van der Waals surface area contributed by atoms with Gasteiger partial charge in [0.25, 0.3) is 0 Å². The lowest BCUT2D eigenvalue weighted by Crippen LogP contribution is -1.92. The first-order valence-corrected chi connectivity index (χ1v) is 9.22. The van der Waals surface area contributed by atoms with Crippen molar-refractivity contribution >= 4 is 39.3 Å². The zero-order chi connectivity index (χ0) is 17.8. The summed E-state index contributed by atoms with van der Waals surface area (Å²) in [6, 6.07) is 7.96. The van der Waals surface area contributed by atoms with Crippen LogP contribution in [0.3, 0.4) is 0 Å². The van der Waals surface area contributed by atoms with Gasteiger partial charge in [0.05, 0.1) is 5.69 Å². The number of pyridine rings is 1. The molecule has 2 heterocycles. The minimum absolute atomic E-state index is 0.261. The molecule has 0 aliphatic carbocycles. The second kappa shape index (κ2) is 8.03. The highest BCUT2D eigenvalue weighted by Gasteiger charge is 2.15. The Balaban J connectivity index is 1.89. The summed E-state index contributed by atoms with van der Waals surface area (Å²) in [7, 11) is 0. The smallest absolute Gasteiger partial charge is 0.221 e. The molecule has 0 aliphatic rings. The molecule has 0 unspecified atom stereocenters. The van der Waals surface area contributed by atoms with Crippen molar-refractivity contribution in [1.82, 2.24) is 9.97 Å². The van der Waals surface area contributed by atoms with Crippen LogP contribution in [0.5, 0.6) is 0 Å². The van der Waals surface area contributed by atoms with E-state index in [1.54, 1.807) is 6.20 Å². The molecule has 3 aromatic rings. The lowest BCUT2D eigenvalue weighted by atomic mass is 9.99. The summed E-state index contributed by atoms with van der Waals surface area (Å²) >= 11 is 11.9. The van der Waals surface area contributed by atoms with Gasteiger partial charge in [0.2, 0.25) is 5.24 Å². The lowest BCUT2D eigenvalue weighted by molar-refractivity contribution is -0.111. The molecular weight excluding hydrogens is 355 g/mol. The maximum absolute atomic E-state index is 10.8. The number of aryl methyl sites for hydroxylation is 2. The normalized spacial score (nSPS) is 11.2. The van der Waals surface area contributed by atoms with Crippen LogP contribution < -0.4 is 0 Å². The maximum Gasteiger partial charge on any atom is 0.221 e. The zero-order valence-corrected chi connectivity index (χ0v) is 15.6. The van der Waals surface area contributed by atoms with E-state index in [-0.39, 0.29) is 5.24 Å². The predicted molar refractivity (Wildman–Crippen MR) is 104 cm³/mol. The van der Waals surface area contributed by atoms with Crippen LogP contribution in [0.15, 0.2) is 36.7 Å². The summed E-state index contributed by atoms with van der Waals surface area (Å²) in [5.74, 6) is 0. The van der Waals surface area contributed by atoms with E-state index >= 15 is 0 Å². The van der Waals surface area contributed by atoms with Crippen molar-refractivity contribution in [2.75, 3.05) is 0 Å². The van der Waals surface area contributed by atoms with Gasteiger partial charge in [-0.1, -0.05) is 18.0 Å². The molecule has 0 atom stereocenters. The fraction of sp³-hybridized carbons (Fsp3) is 0.300. The molecule has 0 aliphatic heterocycles. The van der Waals surface area contributed by atoms with Crippen LogP contribution in [-0.2, 0) is 11.2 Å². The average Bonchev–Trinajstić information content (AvgIpc) is 2.94. The van der Waals surface area contributed by atoms with Crippen LogP contribution in [0, 0.1) is 6.92 Å². The first-order valence-electron chi connectivity index (χ1n) is 8.46. The Labute approximate surface area is 157 Å². The van der Waals surface area contributed by atoms with Crippen molar-refractivity contribution in [2.45, 2.75) is 39.0 Å². The number of nitrogens with zero attached hydrogens (tertiary/aromatic N) is 1. The van der Waals surface area contributed by atoms with E-state index in [4.69, 9.17) is 23.2 Å². The van der Waals surface area contributed by atoms with E-state index in [2.05, 4.69) is 23.0 Å². The van der Waals surface area contributed by atoms with Gasteiger partial charge in [0.15, 0.2) is 0 Å². The topological polar surface area (TPSA) is 45.8 Å². The number of aromatic nitrogens is 2. The lowest BCUT2D eigenvalue weighted by Gasteiger charge is -2.08. The highest BCUT2D eigenvalue weighted by Crippen LogP contribution is 2.35. The second-order valence-corrected chi connectivity index (χ2v) is 7.06. The van der Waals surface area contributed by atoms with E-state index in [9.17, 15) is 4.79 Å². The molecule has 0 saturated heterocycles. The minimum Gasteiger partial charge on any atom is -0.354 e. The summed E-state index contributed by atoms with van der Waals surface area (Å²) in [6.07, 6.45) is 7.73. The number of carbonyl (C=O) groups is 1. The number of H-pyrrole nitrogens is 1. The molecule has 0 bridgehead atoms. The highest BCUT2D eigenvalue weighted by atomic mass is 35.5. The summed E-state index contributed by atoms with van der Waals surface area (Å²) < 4.78 is 0. The van der Waals surface area contributed by atoms with Gasteiger partial charge < -0.3 is 4.98 Å². The first-order chi connectivity index (χ1) is 12.1. The number of halogens is 2. The van der Waals surface area contributed by atoms with Crippen molar-refractivity contribution in [3.63, 3.8) is 0 Å². The van der Waals surface area contributed by atoms with Gasteiger partial charge in [-0.15, -0.1) is 0 Å². The second-order valence-electron chi connectivity index (χ2n) is 6.23. The molecule has 0 radical (unpaired) electrons. The highest BCUT2D eigenvalue weighted by molar-refractivity contribution is 6.63. The van der Waals surface area contributed by atoms with Crippen molar-refractivity contribution < 1.29 is 4.79 Å². The van der Waals surface area contributed by atoms with Gasteiger partial charge in [-0.2, -0.15) is 0 Å². The molecule has 25 heavy (non-hydrogen) atoms. The SMILES string of the molecule is Cc1c(-c2cccnc2)[nH]c2ccc(Cl)c(CCCCCC(=O)Cl)c12. The summed E-state index contributed by atoms with van der Waals surface area (Å²) in [4.78, 5) is 18.5. The van der Waals surface area contributed by atoms with Gasteiger partial charge in [0.1, 0.15) is 0 Å². The molecule has 3 rings (SSSR count). The van der Waals surface area contributed by atoms with Gasteiger partial charge in [-0.3, -0.25) is 9.78 Å².